The molecule has 1 aromatic heterocycles. The van der Waals surface area contributed by atoms with Gasteiger partial charge in [0, 0.05) is 6.20 Å². The minimum Gasteiger partial charge on any atom is -0.271 e. The number of rotatable bonds is 5. The highest BCUT2D eigenvalue weighted by atomic mass is 15.2. The Bertz CT molecular complexity index is 295. The first-order valence-electron chi connectivity index (χ1n) is 5.62. The van der Waals surface area contributed by atoms with E-state index in [0.717, 1.165) is 18.5 Å². The summed E-state index contributed by atoms with van der Waals surface area (Å²) in [4.78, 5) is 4.42. The summed E-state index contributed by atoms with van der Waals surface area (Å²) in [6, 6.07) is 4.20. The highest BCUT2D eigenvalue weighted by molar-refractivity contribution is 5.21. The van der Waals surface area contributed by atoms with Crippen molar-refractivity contribution in [2.45, 2.75) is 39.7 Å². The van der Waals surface area contributed by atoms with Crippen LogP contribution < -0.4 is 11.3 Å². The molecular formula is C12H21N3. The second-order valence-corrected chi connectivity index (χ2v) is 3.93. The third kappa shape index (κ3) is 2.76. The molecule has 3 N–H and O–H groups in total. The number of nitrogens with two attached hydrogens (primary N) is 1. The van der Waals surface area contributed by atoms with Crippen molar-refractivity contribution in [2.24, 2.45) is 11.8 Å². The van der Waals surface area contributed by atoms with E-state index in [-0.39, 0.29) is 6.04 Å². The molecule has 0 aliphatic rings. The Morgan fingerprint density at radius 3 is 2.53 bits per heavy atom. The largest absolute Gasteiger partial charge is 0.271 e. The van der Waals surface area contributed by atoms with Crippen LogP contribution in [0.1, 0.15) is 44.0 Å². The van der Waals surface area contributed by atoms with E-state index in [9.17, 15) is 0 Å². The molecule has 84 valence electrons. The third-order valence-electron chi connectivity index (χ3n) is 3.04. The van der Waals surface area contributed by atoms with Crippen LogP contribution in [0.5, 0.6) is 0 Å². The van der Waals surface area contributed by atoms with Crippen molar-refractivity contribution in [1.82, 2.24) is 10.4 Å². The molecule has 0 bridgehead atoms. The van der Waals surface area contributed by atoms with Gasteiger partial charge in [-0.05, 0) is 24.5 Å². The van der Waals surface area contributed by atoms with E-state index in [0.29, 0.717) is 5.92 Å². The minimum absolute atomic E-state index is 0.168. The molecule has 3 nitrogen and oxygen atoms in total. The highest BCUT2D eigenvalue weighted by Crippen LogP contribution is 2.26. The average Bonchev–Trinajstić information content (AvgIpc) is 2.27. The van der Waals surface area contributed by atoms with Crippen LogP contribution in [0, 0.1) is 12.8 Å². The summed E-state index contributed by atoms with van der Waals surface area (Å²) >= 11 is 0. The maximum atomic E-state index is 5.64. The predicted molar refractivity (Wildman–Crippen MR) is 63.1 cm³/mol. The topological polar surface area (TPSA) is 50.9 Å². The van der Waals surface area contributed by atoms with Gasteiger partial charge in [-0.3, -0.25) is 16.3 Å². The summed E-state index contributed by atoms with van der Waals surface area (Å²) in [5.41, 5.74) is 5.18. The van der Waals surface area contributed by atoms with Crippen molar-refractivity contribution in [3.8, 4) is 0 Å². The quantitative estimate of drug-likeness (QED) is 0.575. The fourth-order valence-corrected chi connectivity index (χ4v) is 2.02. The van der Waals surface area contributed by atoms with E-state index < -0.39 is 0 Å². The number of aromatic nitrogens is 1. The zero-order valence-corrected chi connectivity index (χ0v) is 9.83. The monoisotopic (exact) mass is 207 g/mol. The van der Waals surface area contributed by atoms with Gasteiger partial charge >= 0.3 is 0 Å². The first-order valence-corrected chi connectivity index (χ1v) is 5.62. The Labute approximate surface area is 92.1 Å². The molecule has 0 saturated heterocycles. The molecule has 0 spiro atoms. The van der Waals surface area contributed by atoms with Crippen molar-refractivity contribution in [1.29, 1.82) is 0 Å². The van der Waals surface area contributed by atoms with Gasteiger partial charge in [-0.15, -0.1) is 0 Å². The van der Waals surface area contributed by atoms with E-state index in [4.69, 9.17) is 5.84 Å². The summed E-state index contributed by atoms with van der Waals surface area (Å²) in [5, 5.41) is 0. The Balaban J connectivity index is 2.96. The summed E-state index contributed by atoms with van der Waals surface area (Å²) in [7, 11) is 0. The minimum atomic E-state index is 0.168. The first kappa shape index (κ1) is 12.1. The van der Waals surface area contributed by atoms with Crippen LogP contribution >= 0.6 is 0 Å². The van der Waals surface area contributed by atoms with Gasteiger partial charge in [0.2, 0.25) is 0 Å². The lowest BCUT2D eigenvalue weighted by molar-refractivity contribution is 0.338. The van der Waals surface area contributed by atoms with Gasteiger partial charge < -0.3 is 0 Å². The summed E-state index contributed by atoms with van der Waals surface area (Å²) in [6.45, 7) is 6.46. The molecule has 1 aromatic rings. The zero-order valence-electron chi connectivity index (χ0n) is 9.83. The molecule has 1 atom stereocenters. The molecule has 0 aromatic carbocycles. The van der Waals surface area contributed by atoms with Gasteiger partial charge in [0.15, 0.2) is 0 Å². The number of nitrogens with one attached hydrogen (secondary N) is 1. The number of nitrogens with zero attached hydrogens (tertiary/aromatic N) is 1. The van der Waals surface area contributed by atoms with Gasteiger partial charge in [-0.1, -0.05) is 32.8 Å². The van der Waals surface area contributed by atoms with Gasteiger partial charge in [0.1, 0.15) is 0 Å². The van der Waals surface area contributed by atoms with Crippen molar-refractivity contribution < 1.29 is 0 Å². The summed E-state index contributed by atoms with van der Waals surface area (Å²) in [5.74, 6) is 6.18. The normalized spacial score (nSPS) is 13.1. The molecule has 0 fully saturated rings. The molecule has 1 rings (SSSR count). The molecule has 0 aliphatic heterocycles. The predicted octanol–water partition coefficient (Wildman–Crippen LogP) is 2.33. The number of hydrogen-bond donors (Lipinski definition) is 2. The Kier molecular flexibility index (Phi) is 4.72. The SMILES string of the molecule is CCC(CC)C(NN)c1ncccc1C. The number of pyridine rings is 1. The lowest BCUT2D eigenvalue weighted by Gasteiger charge is -2.25. The number of hydrogen-bond acceptors (Lipinski definition) is 3. The lowest BCUT2D eigenvalue weighted by Crippen LogP contribution is -2.34. The average molecular weight is 207 g/mol. The van der Waals surface area contributed by atoms with Gasteiger partial charge in [0.05, 0.1) is 11.7 Å². The molecule has 0 aliphatic carbocycles. The van der Waals surface area contributed by atoms with Crippen LogP contribution in [-0.2, 0) is 0 Å². The molecule has 3 heteroatoms. The zero-order chi connectivity index (χ0) is 11.3. The van der Waals surface area contributed by atoms with E-state index in [1.165, 1.54) is 5.56 Å². The summed E-state index contributed by atoms with van der Waals surface area (Å²) in [6.07, 6.45) is 4.05. The maximum Gasteiger partial charge on any atom is 0.0662 e. The standard InChI is InChI=1S/C12H21N3/c1-4-10(5-2)12(15-13)11-9(3)7-6-8-14-11/h6-8,10,12,15H,4-5,13H2,1-3H3. The van der Waals surface area contributed by atoms with Gasteiger partial charge in [-0.25, -0.2) is 0 Å². The van der Waals surface area contributed by atoms with E-state index in [1.54, 1.807) is 0 Å². The van der Waals surface area contributed by atoms with Crippen LogP contribution in [0.3, 0.4) is 0 Å². The van der Waals surface area contributed by atoms with Gasteiger partial charge in [-0.2, -0.15) is 0 Å². The molecule has 0 radical (unpaired) electrons. The second-order valence-electron chi connectivity index (χ2n) is 3.93. The molecule has 15 heavy (non-hydrogen) atoms. The number of hydrazine groups is 1. The van der Waals surface area contributed by atoms with E-state index in [2.05, 4.69) is 37.2 Å². The van der Waals surface area contributed by atoms with Crippen LogP contribution in [0.4, 0.5) is 0 Å². The lowest BCUT2D eigenvalue weighted by atomic mass is 9.90. The Morgan fingerprint density at radius 2 is 2.07 bits per heavy atom. The molecule has 0 saturated carbocycles. The van der Waals surface area contributed by atoms with Crippen LogP contribution in [0.25, 0.3) is 0 Å². The molecule has 1 heterocycles. The molecular weight excluding hydrogens is 186 g/mol. The second kappa shape index (κ2) is 5.83. The fourth-order valence-electron chi connectivity index (χ4n) is 2.02. The molecule has 1 unspecified atom stereocenters. The van der Waals surface area contributed by atoms with Crippen LogP contribution in [0.2, 0.25) is 0 Å². The third-order valence-corrected chi connectivity index (χ3v) is 3.04. The smallest absolute Gasteiger partial charge is 0.0662 e. The van der Waals surface area contributed by atoms with Crippen molar-refractivity contribution in [3.05, 3.63) is 29.6 Å². The van der Waals surface area contributed by atoms with E-state index >= 15 is 0 Å². The van der Waals surface area contributed by atoms with Crippen molar-refractivity contribution >= 4 is 0 Å². The Morgan fingerprint density at radius 1 is 1.40 bits per heavy atom. The first-order chi connectivity index (χ1) is 7.24. The molecule has 0 amide bonds. The highest BCUT2D eigenvalue weighted by Gasteiger charge is 2.21. The van der Waals surface area contributed by atoms with Crippen LogP contribution in [-0.4, -0.2) is 4.98 Å². The Hall–Kier alpha value is -0.930. The van der Waals surface area contributed by atoms with Crippen molar-refractivity contribution in [3.63, 3.8) is 0 Å². The maximum absolute atomic E-state index is 5.64. The summed E-state index contributed by atoms with van der Waals surface area (Å²) < 4.78 is 0. The van der Waals surface area contributed by atoms with E-state index in [1.807, 2.05) is 12.3 Å². The van der Waals surface area contributed by atoms with Gasteiger partial charge in [0.25, 0.3) is 0 Å². The van der Waals surface area contributed by atoms with Crippen LogP contribution in [0.15, 0.2) is 18.3 Å². The van der Waals surface area contributed by atoms with Crippen molar-refractivity contribution in [2.75, 3.05) is 0 Å². The number of aryl methyl sites for hydroxylation is 1. The fraction of sp³-hybridized carbons (Fsp3) is 0.583.